The third kappa shape index (κ3) is 3.86. The summed E-state index contributed by atoms with van der Waals surface area (Å²) in [6.45, 7) is 1.88. The fraction of sp³-hybridized carbons (Fsp3) is 0.500. The minimum atomic E-state index is -0.160. The van der Waals surface area contributed by atoms with E-state index in [-0.39, 0.29) is 18.6 Å². The molecule has 1 atom stereocenters. The van der Waals surface area contributed by atoms with E-state index in [1.165, 1.54) is 0 Å². The first-order valence-corrected chi connectivity index (χ1v) is 6.46. The van der Waals surface area contributed by atoms with Crippen LogP contribution in [0.5, 0.6) is 11.5 Å². The standard InChI is InChI=1S/C14H20N2O3/c1-9(15)12-6-5-11(18-2)7-13(12)19-8-14(17)16-10-3-4-10/h5-7,9-10H,3-4,8,15H2,1-2H3,(H,16,17). The van der Waals surface area contributed by atoms with Crippen LogP contribution in [0, 0.1) is 0 Å². The second kappa shape index (κ2) is 5.93. The lowest BCUT2D eigenvalue weighted by Gasteiger charge is -2.15. The molecule has 3 N–H and O–H groups in total. The van der Waals surface area contributed by atoms with Crippen LogP contribution in [0.3, 0.4) is 0 Å². The third-order valence-corrected chi connectivity index (χ3v) is 3.01. The van der Waals surface area contributed by atoms with E-state index in [0.29, 0.717) is 17.5 Å². The number of carbonyl (C=O) groups is 1. The van der Waals surface area contributed by atoms with E-state index >= 15 is 0 Å². The topological polar surface area (TPSA) is 73.6 Å². The summed E-state index contributed by atoms with van der Waals surface area (Å²) in [5.41, 5.74) is 6.74. The number of carbonyl (C=O) groups excluding carboxylic acids is 1. The molecule has 0 saturated heterocycles. The van der Waals surface area contributed by atoms with Gasteiger partial charge in [-0.1, -0.05) is 6.07 Å². The van der Waals surface area contributed by atoms with E-state index in [1.807, 2.05) is 19.1 Å². The van der Waals surface area contributed by atoms with Crippen molar-refractivity contribution in [3.8, 4) is 11.5 Å². The van der Waals surface area contributed by atoms with Gasteiger partial charge >= 0.3 is 0 Å². The molecule has 0 aromatic heterocycles. The second-order valence-electron chi connectivity index (χ2n) is 4.82. The van der Waals surface area contributed by atoms with Crippen molar-refractivity contribution in [1.29, 1.82) is 0 Å². The van der Waals surface area contributed by atoms with Gasteiger partial charge < -0.3 is 20.5 Å². The van der Waals surface area contributed by atoms with E-state index in [4.69, 9.17) is 15.2 Å². The van der Waals surface area contributed by atoms with E-state index in [0.717, 1.165) is 18.4 Å². The van der Waals surface area contributed by atoms with Crippen LogP contribution in [-0.2, 0) is 4.79 Å². The highest BCUT2D eigenvalue weighted by molar-refractivity contribution is 5.78. The minimum absolute atomic E-state index is 0.00336. The second-order valence-corrected chi connectivity index (χ2v) is 4.82. The van der Waals surface area contributed by atoms with Crippen LogP contribution in [0.25, 0.3) is 0 Å². The van der Waals surface area contributed by atoms with Gasteiger partial charge in [-0.15, -0.1) is 0 Å². The van der Waals surface area contributed by atoms with Crippen molar-refractivity contribution in [3.05, 3.63) is 23.8 Å². The largest absolute Gasteiger partial charge is 0.497 e. The molecule has 2 rings (SSSR count). The fourth-order valence-electron chi connectivity index (χ4n) is 1.78. The lowest BCUT2D eigenvalue weighted by Crippen LogP contribution is -2.30. The molecular weight excluding hydrogens is 244 g/mol. The Bertz CT molecular complexity index is 456. The smallest absolute Gasteiger partial charge is 0.258 e. The molecule has 1 fully saturated rings. The Hall–Kier alpha value is -1.75. The first-order valence-electron chi connectivity index (χ1n) is 6.46. The van der Waals surface area contributed by atoms with Gasteiger partial charge in [0.25, 0.3) is 5.91 Å². The van der Waals surface area contributed by atoms with Crippen molar-refractivity contribution in [1.82, 2.24) is 5.32 Å². The monoisotopic (exact) mass is 264 g/mol. The Balaban J connectivity index is 2.01. The lowest BCUT2D eigenvalue weighted by molar-refractivity contribution is -0.123. The number of amides is 1. The zero-order valence-electron chi connectivity index (χ0n) is 11.3. The van der Waals surface area contributed by atoms with Gasteiger partial charge in [-0.25, -0.2) is 0 Å². The van der Waals surface area contributed by atoms with E-state index in [1.54, 1.807) is 13.2 Å². The molecule has 1 saturated carbocycles. The molecule has 0 bridgehead atoms. The normalized spacial score (nSPS) is 15.7. The van der Waals surface area contributed by atoms with Gasteiger partial charge in [-0.2, -0.15) is 0 Å². The van der Waals surface area contributed by atoms with Crippen molar-refractivity contribution in [3.63, 3.8) is 0 Å². The average Bonchev–Trinajstić information content (AvgIpc) is 3.19. The molecular formula is C14H20N2O3. The zero-order chi connectivity index (χ0) is 13.8. The summed E-state index contributed by atoms with van der Waals surface area (Å²) in [7, 11) is 1.59. The molecule has 1 aliphatic carbocycles. The van der Waals surface area contributed by atoms with Crippen molar-refractivity contribution in [2.24, 2.45) is 5.73 Å². The average molecular weight is 264 g/mol. The highest BCUT2D eigenvalue weighted by atomic mass is 16.5. The Kier molecular flexibility index (Phi) is 4.27. The quantitative estimate of drug-likeness (QED) is 0.814. The first kappa shape index (κ1) is 13.7. The number of methoxy groups -OCH3 is 1. The fourth-order valence-corrected chi connectivity index (χ4v) is 1.78. The Morgan fingerprint density at radius 2 is 2.26 bits per heavy atom. The number of hydrogen-bond acceptors (Lipinski definition) is 4. The summed E-state index contributed by atoms with van der Waals surface area (Å²) in [5, 5.41) is 2.87. The maximum atomic E-state index is 11.6. The van der Waals surface area contributed by atoms with E-state index in [2.05, 4.69) is 5.32 Å². The molecule has 19 heavy (non-hydrogen) atoms. The molecule has 5 heteroatoms. The third-order valence-electron chi connectivity index (χ3n) is 3.01. The summed E-state index contributed by atoms with van der Waals surface area (Å²) in [6, 6.07) is 5.62. The summed E-state index contributed by atoms with van der Waals surface area (Å²) in [6.07, 6.45) is 2.13. The molecule has 0 aliphatic heterocycles. The predicted octanol–water partition coefficient (Wildman–Crippen LogP) is 1.37. The van der Waals surface area contributed by atoms with Gasteiger partial charge in [0.05, 0.1) is 7.11 Å². The summed E-state index contributed by atoms with van der Waals surface area (Å²) < 4.78 is 10.7. The molecule has 1 aromatic rings. The SMILES string of the molecule is COc1ccc(C(C)N)c(OCC(=O)NC2CC2)c1. The van der Waals surface area contributed by atoms with Crippen LogP contribution in [0.2, 0.25) is 0 Å². The summed E-state index contributed by atoms with van der Waals surface area (Å²) in [4.78, 5) is 11.6. The first-order chi connectivity index (χ1) is 9.10. The van der Waals surface area contributed by atoms with Crippen LogP contribution >= 0.6 is 0 Å². The maximum Gasteiger partial charge on any atom is 0.258 e. The number of ether oxygens (including phenoxy) is 2. The van der Waals surface area contributed by atoms with Crippen molar-refractivity contribution >= 4 is 5.91 Å². The molecule has 104 valence electrons. The van der Waals surface area contributed by atoms with E-state index < -0.39 is 0 Å². The van der Waals surface area contributed by atoms with Gasteiger partial charge in [0.1, 0.15) is 11.5 Å². The molecule has 1 unspecified atom stereocenters. The predicted molar refractivity (Wildman–Crippen MR) is 72.3 cm³/mol. The van der Waals surface area contributed by atoms with Crippen LogP contribution in [0.1, 0.15) is 31.4 Å². The van der Waals surface area contributed by atoms with Crippen molar-refractivity contribution in [2.75, 3.05) is 13.7 Å². The van der Waals surface area contributed by atoms with Gasteiger partial charge in [-0.3, -0.25) is 4.79 Å². The van der Waals surface area contributed by atoms with E-state index in [9.17, 15) is 4.79 Å². The number of rotatable bonds is 6. The Morgan fingerprint density at radius 1 is 1.53 bits per heavy atom. The Morgan fingerprint density at radius 3 is 2.84 bits per heavy atom. The van der Waals surface area contributed by atoms with Gasteiger partial charge in [0.2, 0.25) is 0 Å². The summed E-state index contributed by atoms with van der Waals surface area (Å²) in [5.74, 6) is 1.18. The van der Waals surface area contributed by atoms with Gasteiger partial charge in [-0.05, 0) is 25.8 Å². The maximum absolute atomic E-state index is 11.6. The van der Waals surface area contributed by atoms with Crippen LogP contribution in [-0.4, -0.2) is 25.7 Å². The molecule has 0 radical (unpaired) electrons. The highest BCUT2D eigenvalue weighted by Crippen LogP contribution is 2.28. The van der Waals surface area contributed by atoms with Crippen LogP contribution < -0.4 is 20.5 Å². The number of hydrogen-bond donors (Lipinski definition) is 2. The molecule has 0 heterocycles. The molecule has 1 aromatic carbocycles. The van der Waals surface area contributed by atoms with Crippen molar-refractivity contribution in [2.45, 2.75) is 31.8 Å². The number of nitrogens with two attached hydrogens (primary N) is 1. The zero-order valence-corrected chi connectivity index (χ0v) is 11.3. The Labute approximate surface area is 113 Å². The van der Waals surface area contributed by atoms with Gasteiger partial charge in [0, 0.05) is 23.7 Å². The molecule has 1 amide bonds. The number of benzene rings is 1. The van der Waals surface area contributed by atoms with Crippen LogP contribution in [0.4, 0.5) is 0 Å². The number of nitrogens with one attached hydrogen (secondary N) is 1. The van der Waals surface area contributed by atoms with Gasteiger partial charge in [0.15, 0.2) is 6.61 Å². The summed E-state index contributed by atoms with van der Waals surface area (Å²) >= 11 is 0. The molecule has 1 aliphatic rings. The molecule has 5 nitrogen and oxygen atoms in total. The lowest BCUT2D eigenvalue weighted by atomic mass is 10.1. The highest BCUT2D eigenvalue weighted by Gasteiger charge is 2.23. The minimum Gasteiger partial charge on any atom is -0.497 e. The van der Waals surface area contributed by atoms with Crippen LogP contribution in [0.15, 0.2) is 18.2 Å². The van der Waals surface area contributed by atoms with Crippen molar-refractivity contribution < 1.29 is 14.3 Å². The molecule has 0 spiro atoms.